The summed E-state index contributed by atoms with van der Waals surface area (Å²) in [6, 6.07) is 0. The summed E-state index contributed by atoms with van der Waals surface area (Å²) in [7, 11) is 0. The topological polar surface area (TPSA) is 33.2 Å². The molecule has 0 radical (unpaired) electrons. The van der Waals surface area contributed by atoms with E-state index in [9.17, 15) is 4.79 Å². The molecule has 0 bridgehead atoms. The minimum Gasteiger partial charge on any atom is -0.312 e. The zero-order chi connectivity index (χ0) is 23.6. The fourth-order valence-corrected chi connectivity index (χ4v) is 5.07. The van der Waals surface area contributed by atoms with Crippen LogP contribution < -0.4 is 9.88 Å². The number of hydrogen-bond acceptors (Lipinski definition) is 4. The molecule has 1 aliphatic carbocycles. The molecule has 172 valence electrons. The van der Waals surface area contributed by atoms with E-state index < -0.39 is 0 Å². The van der Waals surface area contributed by atoms with Gasteiger partial charge in [0.2, 0.25) is 5.91 Å². The molecule has 0 fully saturated rings. The minimum atomic E-state index is 0.169. The molecule has 1 aromatic heterocycles. The Labute approximate surface area is 198 Å². The molecule has 1 amide bonds. The van der Waals surface area contributed by atoms with E-state index in [0.717, 1.165) is 52.1 Å². The van der Waals surface area contributed by atoms with Gasteiger partial charge in [-0.3, -0.25) is 4.79 Å². The van der Waals surface area contributed by atoms with Crippen LogP contribution in [0.4, 0.5) is 0 Å². The number of carbonyl (C=O) groups is 1. The molecule has 2 heterocycles. The molecule has 5 heteroatoms. The van der Waals surface area contributed by atoms with Crippen molar-refractivity contribution in [3.05, 3.63) is 58.6 Å². The fraction of sp³-hybridized carbons (Fsp3) is 0.462. The van der Waals surface area contributed by atoms with Crippen LogP contribution in [0.3, 0.4) is 0 Å². The Hall–Kier alpha value is -1.85. The third kappa shape index (κ3) is 9.04. The normalized spacial score (nSPS) is 15.5. The molecule has 3 rings (SSSR count). The van der Waals surface area contributed by atoms with Crippen molar-refractivity contribution in [2.45, 2.75) is 71.6 Å². The molecule has 0 spiro atoms. The van der Waals surface area contributed by atoms with Gasteiger partial charge in [-0.2, -0.15) is 0 Å². The number of nitrogens with zero attached hydrogens (tertiary/aromatic N) is 2. The molecule has 1 aromatic rings. The summed E-state index contributed by atoms with van der Waals surface area (Å²) >= 11 is 3.09. The number of amides is 1. The first kappa shape index (κ1) is 29.1. The van der Waals surface area contributed by atoms with Crippen LogP contribution in [-0.2, 0) is 4.79 Å². The van der Waals surface area contributed by atoms with E-state index in [1.54, 1.807) is 23.5 Å². The van der Waals surface area contributed by atoms with E-state index >= 15 is 0 Å². The summed E-state index contributed by atoms with van der Waals surface area (Å²) in [5.41, 5.74) is 2.58. The highest BCUT2D eigenvalue weighted by Gasteiger charge is 2.24. The SMILES string of the molecule is C=C/C=c1/nc(SCC(=O)N2CCCC3=C2C=CCC3)s/c1=C/C=C.CC.CC.CC. The molecule has 3 nitrogen and oxygen atoms in total. The van der Waals surface area contributed by atoms with Crippen LogP contribution in [0.15, 0.2) is 53.1 Å². The van der Waals surface area contributed by atoms with Crippen molar-refractivity contribution >= 4 is 41.2 Å². The Morgan fingerprint density at radius 3 is 2.45 bits per heavy atom. The lowest BCUT2D eigenvalue weighted by molar-refractivity contribution is -0.126. The monoisotopic (exact) mass is 460 g/mol. The molecule has 0 aromatic carbocycles. The van der Waals surface area contributed by atoms with Gasteiger partial charge in [-0.05, 0) is 49.5 Å². The molecule has 0 N–H and O–H groups in total. The third-order valence-electron chi connectivity index (χ3n) is 4.23. The molecular weight excluding hydrogens is 420 g/mol. The summed E-state index contributed by atoms with van der Waals surface area (Å²) in [5.74, 6) is 0.585. The first-order valence-electron chi connectivity index (χ1n) is 11.5. The highest BCUT2D eigenvalue weighted by molar-refractivity contribution is 8.01. The standard InChI is InChI=1S/C20H22N2OS2.3C2H6/c1-3-8-16-18(9-4-2)25-20(21-16)24-14-19(23)22-13-7-11-15-10-5-6-12-17(15)22;3*1-2/h3-4,6,8-9,12H,1-2,5,7,10-11,13-14H2;3*1-2H3/b16-8+,18-9+;;;. The van der Waals surface area contributed by atoms with Crippen LogP contribution in [-0.4, -0.2) is 28.1 Å². The van der Waals surface area contributed by atoms with Crippen molar-refractivity contribution in [2.75, 3.05) is 12.3 Å². The average molecular weight is 461 g/mol. The summed E-state index contributed by atoms with van der Waals surface area (Å²) in [5, 5.41) is 0.882. The van der Waals surface area contributed by atoms with Gasteiger partial charge in [-0.15, -0.1) is 11.3 Å². The van der Waals surface area contributed by atoms with E-state index in [4.69, 9.17) is 0 Å². The lowest BCUT2D eigenvalue weighted by atomic mass is 9.94. The third-order valence-corrected chi connectivity index (χ3v) is 6.39. The maximum atomic E-state index is 12.7. The second kappa shape index (κ2) is 17.8. The van der Waals surface area contributed by atoms with Crippen molar-refractivity contribution in [2.24, 2.45) is 0 Å². The van der Waals surface area contributed by atoms with Gasteiger partial charge in [0.15, 0.2) is 4.34 Å². The Morgan fingerprint density at radius 2 is 1.81 bits per heavy atom. The van der Waals surface area contributed by atoms with E-state index in [0.29, 0.717) is 5.75 Å². The van der Waals surface area contributed by atoms with Gasteiger partial charge in [-0.25, -0.2) is 4.98 Å². The van der Waals surface area contributed by atoms with Crippen molar-refractivity contribution in [3.63, 3.8) is 0 Å². The van der Waals surface area contributed by atoms with Crippen molar-refractivity contribution < 1.29 is 4.79 Å². The lowest BCUT2D eigenvalue weighted by Crippen LogP contribution is -2.35. The van der Waals surface area contributed by atoms with Crippen LogP contribution in [0.5, 0.6) is 0 Å². The van der Waals surface area contributed by atoms with Gasteiger partial charge in [0.25, 0.3) is 0 Å². The number of allylic oxidation sites excluding steroid dienone is 5. The summed E-state index contributed by atoms with van der Waals surface area (Å²) in [4.78, 5) is 19.3. The van der Waals surface area contributed by atoms with Gasteiger partial charge < -0.3 is 4.90 Å². The smallest absolute Gasteiger partial charge is 0.237 e. The van der Waals surface area contributed by atoms with Crippen molar-refractivity contribution in [1.29, 1.82) is 0 Å². The molecule has 1 aliphatic heterocycles. The van der Waals surface area contributed by atoms with E-state index in [2.05, 4.69) is 30.3 Å². The van der Waals surface area contributed by atoms with Gasteiger partial charge in [0.05, 0.1) is 15.6 Å². The van der Waals surface area contributed by atoms with E-state index in [1.807, 2.05) is 58.6 Å². The molecule has 0 saturated carbocycles. The van der Waals surface area contributed by atoms with Crippen molar-refractivity contribution in [3.8, 4) is 0 Å². The molecule has 0 unspecified atom stereocenters. The number of rotatable bonds is 5. The van der Waals surface area contributed by atoms with E-state index in [1.165, 1.54) is 17.3 Å². The Morgan fingerprint density at radius 1 is 1.13 bits per heavy atom. The predicted molar refractivity (Wildman–Crippen MR) is 142 cm³/mol. The second-order valence-electron chi connectivity index (χ2n) is 5.90. The molecule has 0 atom stereocenters. The number of carbonyl (C=O) groups excluding carboxylic acids is 1. The van der Waals surface area contributed by atoms with Crippen molar-refractivity contribution in [1.82, 2.24) is 9.88 Å². The van der Waals surface area contributed by atoms with Crippen LogP contribution in [0, 0.1) is 0 Å². The highest BCUT2D eigenvalue weighted by atomic mass is 32.2. The summed E-state index contributed by atoms with van der Waals surface area (Å²) in [6.07, 6.45) is 16.0. The molecule has 2 aliphatic rings. The van der Waals surface area contributed by atoms with Gasteiger partial charge in [0, 0.05) is 12.2 Å². The Kier molecular flexibility index (Phi) is 16.7. The quantitative estimate of drug-likeness (QED) is 0.472. The molecular formula is C26H40N2OS2. The Bertz CT molecular complexity index is 825. The van der Waals surface area contributed by atoms with E-state index in [-0.39, 0.29) is 5.91 Å². The zero-order valence-electron chi connectivity index (χ0n) is 20.2. The average Bonchev–Trinajstić information content (AvgIpc) is 3.23. The molecule has 0 saturated heterocycles. The maximum absolute atomic E-state index is 12.7. The van der Waals surface area contributed by atoms with Gasteiger partial charge >= 0.3 is 0 Å². The maximum Gasteiger partial charge on any atom is 0.237 e. The van der Waals surface area contributed by atoms with Crippen LogP contribution in [0.2, 0.25) is 0 Å². The minimum absolute atomic E-state index is 0.169. The number of hydrogen-bond donors (Lipinski definition) is 0. The molecule has 31 heavy (non-hydrogen) atoms. The number of thiazole rings is 1. The first-order valence-corrected chi connectivity index (χ1v) is 13.3. The van der Waals surface area contributed by atoms with Crippen LogP contribution >= 0.6 is 23.1 Å². The zero-order valence-corrected chi connectivity index (χ0v) is 21.9. The lowest BCUT2D eigenvalue weighted by Gasteiger charge is -2.32. The second-order valence-corrected chi connectivity index (χ2v) is 8.15. The fourth-order valence-electron chi connectivity index (χ4n) is 3.11. The highest BCUT2D eigenvalue weighted by Crippen LogP contribution is 2.31. The predicted octanol–water partition coefficient (Wildman–Crippen LogP) is 6.47. The van der Waals surface area contributed by atoms with Crippen LogP contribution in [0.1, 0.15) is 67.2 Å². The van der Waals surface area contributed by atoms with Gasteiger partial charge in [-0.1, -0.05) is 84.7 Å². The van der Waals surface area contributed by atoms with Crippen LogP contribution in [0.25, 0.3) is 12.2 Å². The largest absolute Gasteiger partial charge is 0.312 e. The summed E-state index contributed by atoms with van der Waals surface area (Å²) in [6.45, 7) is 20.3. The van der Waals surface area contributed by atoms with Gasteiger partial charge in [0.1, 0.15) is 0 Å². The first-order chi connectivity index (χ1) is 15.2. The number of aromatic nitrogens is 1. The Balaban J connectivity index is 0.00000138. The summed E-state index contributed by atoms with van der Waals surface area (Å²) < 4.78 is 1.95. The number of thioether (sulfide) groups is 1.